The summed E-state index contributed by atoms with van der Waals surface area (Å²) in [7, 11) is 0. The van der Waals surface area contributed by atoms with Crippen LogP contribution in [-0.2, 0) is 5.41 Å². The summed E-state index contributed by atoms with van der Waals surface area (Å²) in [5, 5.41) is 0. The maximum Gasteiger partial charge on any atom is 0.159 e. The molecule has 0 N–H and O–H groups in total. The van der Waals surface area contributed by atoms with Gasteiger partial charge in [-0.3, -0.25) is 0 Å². The normalized spacial score (nSPS) is 10.4. The van der Waals surface area contributed by atoms with Crippen LogP contribution in [0.3, 0.4) is 0 Å². The lowest BCUT2D eigenvalue weighted by Gasteiger charge is -2.16. The second kappa shape index (κ2) is 3.52. The Labute approximate surface area is 82.0 Å². The Hall–Kier alpha value is -1.80. The summed E-state index contributed by atoms with van der Waals surface area (Å²) in [4.78, 5) is 0. The molecule has 0 bridgehead atoms. The third-order valence-corrected chi connectivity index (χ3v) is 2.07. The maximum atomic E-state index is 12.9. The zero-order chi connectivity index (χ0) is 10.8. The molecule has 0 nitrogen and oxygen atoms in total. The molecule has 0 amide bonds. The van der Waals surface area contributed by atoms with Gasteiger partial charge in [-0.05, 0) is 24.6 Å². The highest BCUT2D eigenvalue weighted by atomic mass is 19.2. The Kier molecular flexibility index (Phi) is 2.58. The number of halogens is 2. The molecule has 70 valence electrons. The summed E-state index contributed by atoms with van der Waals surface area (Å²) < 4.78 is 25.5. The van der Waals surface area contributed by atoms with Crippen LogP contribution in [0.25, 0.3) is 0 Å². The van der Waals surface area contributed by atoms with Gasteiger partial charge in [-0.2, -0.15) is 0 Å². The predicted molar refractivity (Wildman–Crippen MR) is 51.4 cm³/mol. The Bertz CT molecular complexity index is 419. The van der Waals surface area contributed by atoms with Gasteiger partial charge < -0.3 is 0 Å². The number of terminal acetylenes is 2. The third-order valence-electron chi connectivity index (χ3n) is 2.07. The van der Waals surface area contributed by atoms with E-state index in [2.05, 4.69) is 11.8 Å². The predicted octanol–water partition coefficient (Wildman–Crippen LogP) is 2.49. The van der Waals surface area contributed by atoms with Crippen LogP contribution in [0.4, 0.5) is 8.78 Å². The van der Waals surface area contributed by atoms with Crippen LogP contribution in [0, 0.1) is 36.3 Å². The molecule has 2 heteroatoms. The molecule has 0 radical (unpaired) electrons. The van der Waals surface area contributed by atoms with E-state index in [4.69, 9.17) is 12.8 Å². The number of hydrogen-bond donors (Lipinski definition) is 0. The van der Waals surface area contributed by atoms with Crippen LogP contribution in [-0.4, -0.2) is 0 Å². The van der Waals surface area contributed by atoms with Crippen LogP contribution in [0.2, 0.25) is 0 Å². The van der Waals surface area contributed by atoms with E-state index in [9.17, 15) is 8.78 Å². The van der Waals surface area contributed by atoms with E-state index in [-0.39, 0.29) is 0 Å². The lowest BCUT2D eigenvalue weighted by Crippen LogP contribution is -2.16. The fraction of sp³-hybridized carbons (Fsp3) is 0.167. The van der Waals surface area contributed by atoms with Crippen molar-refractivity contribution in [2.24, 2.45) is 0 Å². The first-order chi connectivity index (χ1) is 6.53. The van der Waals surface area contributed by atoms with E-state index < -0.39 is 17.0 Å². The van der Waals surface area contributed by atoms with Crippen molar-refractivity contribution >= 4 is 0 Å². The molecular formula is C12H8F2. The Morgan fingerprint density at radius 1 is 1.14 bits per heavy atom. The monoisotopic (exact) mass is 190 g/mol. The van der Waals surface area contributed by atoms with Crippen LogP contribution in [0.15, 0.2) is 18.2 Å². The molecule has 0 spiro atoms. The van der Waals surface area contributed by atoms with Crippen LogP contribution in [0.1, 0.15) is 12.5 Å². The second-order valence-corrected chi connectivity index (χ2v) is 3.04. The summed E-state index contributed by atoms with van der Waals surface area (Å²) in [6.45, 7) is 1.60. The molecule has 0 aromatic heterocycles. The van der Waals surface area contributed by atoms with E-state index in [1.54, 1.807) is 6.92 Å². The molecule has 0 aliphatic heterocycles. The molecule has 14 heavy (non-hydrogen) atoms. The van der Waals surface area contributed by atoms with Crippen molar-refractivity contribution in [1.29, 1.82) is 0 Å². The van der Waals surface area contributed by atoms with E-state index >= 15 is 0 Å². The molecular weight excluding hydrogens is 182 g/mol. The van der Waals surface area contributed by atoms with Crippen molar-refractivity contribution in [1.82, 2.24) is 0 Å². The molecule has 1 aromatic carbocycles. The fourth-order valence-electron chi connectivity index (χ4n) is 1.02. The molecule has 0 aliphatic rings. The Morgan fingerprint density at radius 2 is 1.71 bits per heavy atom. The summed E-state index contributed by atoms with van der Waals surface area (Å²) >= 11 is 0. The second-order valence-electron chi connectivity index (χ2n) is 3.04. The maximum absolute atomic E-state index is 12.9. The number of rotatable bonds is 1. The van der Waals surface area contributed by atoms with Crippen molar-refractivity contribution in [3.05, 3.63) is 35.4 Å². The van der Waals surface area contributed by atoms with Crippen LogP contribution < -0.4 is 0 Å². The van der Waals surface area contributed by atoms with Crippen molar-refractivity contribution in [2.75, 3.05) is 0 Å². The molecule has 1 rings (SSSR count). The molecule has 1 aromatic rings. The first-order valence-electron chi connectivity index (χ1n) is 3.94. The summed E-state index contributed by atoms with van der Waals surface area (Å²) in [5.74, 6) is 2.87. The fourth-order valence-corrected chi connectivity index (χ4v) is 1.02. The van der Waals surface area contributed by atoms with E-state index in [1.807, 2.05) is 0 Å². The zero-order valence-corrected chi connectivity index (χ0v) is 7.64. The van der Waals surface area contributed by atoms with Crippen LogP contribution >= 0.6 is 0 Å². The van der Waals surface area contributed by atoms with Gasteiger partial charge in [0.2, 0.25) is 0 Å². The van der Waals surface area contributed by atoms with Gasteiger partial charge in [0.05, 0.1) is 0 Å². The van der Waals surface area contributed by atoms with Gasteiger partial charge >= 0.3 is 0 Å². The topological polar surface area (TPSA) is 0 Å². The van der Waals surface area contributed by atoms with Gasteiger partial charge in [0.25, 0.3) is 0 Å². The lowest BCUT2D eigenvalue weighted by molar-refractivity contribution is 0.505. The number of hydrogen-bond acceptors (Lipinski definition) is 0. The first kappa shape index (κ1) is 10.3. The minimum absolute atomic E-state index is 0.404. The molecule has 0 saturated carbocycles. The largest absolute Gasteiger partial charge is 0.204 e. The Balaban J connectivity index is 3.30. The Morgan fingerprint density at radius 3 is 2.14 bits per heavy atom. The summed E-state index contributed by atoms with van der Waals surface area (Å²) in [6, 6.07) is 3.42. The van der Waals surface area contributed by atoms with Gasteiger partial charge in [-0.1, -0.05) is 17.9 Å². The number of benzene rings is 1. The van der Waals surface area contributed by atoms with Crippen molar-refractivity contribution < 1.29 is 8.78 Å². The third kappa shape index (κ3) is 1.60. The van der Waals surface area contributed by atoms with Crippen LogP contribution in [0.5, 0.6) is 0 Å². The van der Waals surface area contributed by atoms with E-state index in [0.717, 1.165) is 12.1 Å². The molecule has 0 heterocycles. The molecule has 0 saturated heterocycles. The van der Waals surface area contributed by atoms with Crippen molar-refractivity contribution in [3.63, 3.8) is 0 Å². The standard InChI is InChI=1S/C12H8F2/c1-4-12(3,5-2)9-6-7-10(13)11(14)8-9/h1-2,6-8H,3H3. The first-order valence-corrected chi connectivity index (χ1v) is 3.94. The van der Waals surface area contributed by atoms with Crippen molar-refractivity contribution in [2.45, 2.75) is 12.3 Å². The average Bonchev–Trinajstić information content (AvgIpc) is 2.21. The van der Waals surface area contributed by atoms with Crippen molar-refractivity contribution in [3.8, 4) is 24.7 Å². The molecule has 0 unspecified atom stereocenters. The van der Waals surface area contributed by atoms with E-state index in [0.29, 0.717) is 5.56 Å². The highest BCUT2D eigenvalue weighted by Gasteiger charge is 2.21. The quantitative estimate of drug-likeness (QED) is 0.597. The van der Waals surface area contributed by atoms with Gasteiger partial charge in [0, 0.05) is 0 Å². The highest BCUT2D eigenvalue weighted by molar-refractivity contribution is 5.42. The van der Waals surface area contributed by atoms with Gasteiger partial charge in [0.15, 0.2) is 11.6 Å². The lowest BCUT2D eigenvalue weighted by atomic mass is 9.84. The molecule has 0 atom stereocenters. The van der Waals surface area contributed by atoms with Gasteiger partial charge in [0.1, 0.15) is 5.41 Å². The van der Waals surface area contributed by atoms with E-state index in [1.165, 1.54) is 6.07 Å². The highest BCUT2D eigenvalue weighted by Crippen LogP contribution is 2.23. The summed E-state index contributed by atoms with van der Waals surface area (Å²) in [6.07, 6.45) is 10.5. The average molecular weight is 190 g/mol. The summed E-state index contributed by atoms with van der Waals surface area (Å²) in [5.41, 5.74) is -0.587. The molecule has 0 aliphatic carbocycles. The minimum Gasteiger partial charge on any atom is -0.204 e. The molecule has 0 fully saturated rings. The zero-order valence-electron chi connectivity index (χ0n) is 7.64. The smallest absolute Gasteiger partial charge is 0.159 e. The van der Waals surface area contributed by atoms with Gasteiger partial charge in [-0.25, -0.2) is 8.78 Å². The van der Waals surface area contributed by atoms with Gasteiger partial charge in [-0.15, -0.1) is 12.8 Å². The SMILES string of the molecule is C#CC(C)(C#C)c1ccc(F)c(F)c1. The minimum atomic E-state index is -0.992.